The topological polar surface area (TPSA) is 66.8 Å². The van der Waals surface area contributed by atoms with Crippen molar-refractivity contribution in [3.63, 3.8) is 0 Å². The highest BCUT2D eigenvalue weighted by molar-refractivity contribution is 5.86. The molecule has 5 heteroatoms. The molecule has 1 fully saturated rings. The lowest BCUT2D eigenvalue weighted by molar-refractivity contribution is -0.148. The fourth-order valence-electron chi connectivity index (χ4n) is 2.81. The smallest absolute Gasteiger partial charge is 0.326 e. The zero-order valence-electron chi connectivity index (χ0n) is 12.1. The Balaban J connectivity index is 1.66. The van der Waals surface area contributed by atoms with E-state index in [1.165, 1.54) is 4.90 Å². The largest absolute Gasteiger partial charge is 0.484 e. The first-order chi connectivity index (χ1) is 10.6. The van der Waals surface area contributed by atoms with Crippen molar-refractivity contribution in [2.45, 2.75) is 18.9 Å². The molecule has 0 bridgehead atoms. The molecule has 1 aliphatic heterocycles. The van der Waals surface area contributed by atoms with Gasteiger partial charge in [-0.3, -0.25) is 4.79 Å². The van der Waals surface area contributed by atoms with E-state index in [9.17, 15) is 9.59 Å². The number of hydrogen-bond acceptors (Lipinski definition) is 3. The molecule has 1 amide bonds. The van der Waals surface area contributed by atoms with Gasteiger partial charge in [0, 0.05) is 6.54 Å². The molecular weight excluding hydrogens is 282 g/mol. The molecule has 114 valence electrons. The highest BCUT2D eigenvalue weighted by atomic mass is 16.5. The van der Waals surface area contributed by atoms with Gasteiger partial charge in [0.1, 0.15) is 11.8 Å². The predicted octanol–water partition coefficient (Wildman–Crippen LogP) is 2.29. The summed E-state index contributed by atoms with van der Waals surface area (Å²) in [4.78, 5) is 24.6. The minimum absolute atomic E-state index is 0.137. The summed E-state index contributed by atoms with van der Waals surface area (Å²) in [5.74, 6) is -0.618. The van der Waals surface area contributed by atoms with Gasteiger partial charge in [0.25, 0.3) is 5.91 Å². The SMILES string of the molecule is O=C(O)[C@H]1CCCN1C(=O)COc1ccc2ccccc2c1. The normalized spacial score (nSPS) is 17.6. The molecule has 1 saturated heterocycles. The van der Waals surface area contributed by atoms with Crippen LogP contribution in [0.25, 0.3) is 10.8 Å². The lowest BCUT2D eigenvalue weighted by Crippen LogP contribution is -2.42. The zero-order valence-corrected chi connectivity index (χ0v) is 12.1. The van der Waals surface area contributed by atoms with Gasteiger partial charge in [0.05, 0.1) is 0 Å². The van der Waals surface area contributed by atoms with Crippen molar-refractivity contribution in [1.29, 1.82) is 0 Å². The van der Waals surface area contributed by atoms with Crippen LogP contribution in [-0.2, 0) is 9.59 Å². The summed E-state index contributed by atoms with van der Waals surface area (Å²) in [7, 11) is 0. The lowest BCUT2D eigenvalue weighted by Gasteiger charge is -2.21. The summed E-state index contributed by atoms with van der Waals surface area (Å²) in [6.07, 6.45) is 1.23. The first-order valence-corrected chi connectivity index (χ1v) is 7.29. The fourth-order valence-corrected chi connectivity index (χ4v) is 2.81. The molecule has 0 unspecified atom stereocenters. The van der Waals surface area contributed by atoms with E-state index in [2.05, 4.69) is 0 Å². The Morgan fingerprint density at radius 2 is 1.95 bits per heavy atom. The Labute approximate surface area is 128 Å². The van der Waals surface area contributed by atoms with Gasteiger partial charge in [-0.05, 0) is 35.7 Å². The molecule has 0 radical (unpaired) electrons. The van der Waals surface area contributed by atoms with Crippen LogP contribution in [0.2, 0.25) is 0 Å². The number of amides is 1. The van der Waals surface area contributed by atoms with Crippen LogP contribution in [0.4, 0.5) is 0 Å². The molecule has 5 nitrogen and oxygen atoms in total. The molecule has 1 N–H and O–H groups in total. The van der Waals surface area contributed by atoms with Crippen LogP contribution in [-0.4, -0.2) is 41.1 Å². The molecule has 0 saturated carbocycles. The Hall–Kier alpha value is -2.56. The van der Waals surface area contributed by atoms with Crippen LogP contribution in [0, 0.1) is 0 Å². The number of likely N-dealkylation sites (tertiary alicyclic amines) is 1. The number of fused-ring (bicyclic) bond motifs is 1. The first-order valence-electron chi connectivity index (χ1n) is 7.29. The van der Waals surface area contributed by atoms with E-state index < -0.39 is 12.0 Å². The van der Waals surface area contributed by atoms with E-state index in [0.29, 0.717) is 18.7 Å². The standard InChI is InChI=1S/C17H17NO4/c19-16(18-9-3-6-15(18)17(20)21)11-22-14-8-7-12-4-1-2-5-13(12)10-14/h1-2,4-5,7-8,10,15H,3,6,9,11H2,(H,20,21)/t15-/m1/s1. The van der Waals surface area contributed by atoms with E-state index in [1.807, 2.05) is 42.5 Å². The van der Waals surface area contributed by atoms with Crippen molar-refractivity contribution in [3.8, 4) is 5.75 Å². The van der Waals surface area contributed by atoms with Gasteiger partial charge in [-0.2, -0.15) is 0 Å². The van der Waals surface area contributed by atoms with Crippen LogP contribution in [0.5, 0.6) is 5.75 Å². The summed E-state index contributed by atoms with van der Waals surface area (Å²) in [5, 5.41) is 11.2. The minimum Gasteiger partial charge on any atom is -0.484 e. The maximum atomic E-state index is 12.1. The number of nitrogens with zero attached hydrogens (tertiary/aromatic N) is 1. The zero-order chi connectivity index (χ0) is 15.5. The summed E-state index contributed by atoms with van der Waals surface area (Å²) in [6.45, 7) is 0.346. The second-order valence-electron chi connectivity index (χ2n) is 5.38. The number of carbonyl (C=O) groups is 2. The van der Waals surface area contributed by atoms with Crippen LogP contribution in [0.3, 0.4) is 0 Å². The van der Waals surface area contributed by atoms with E-state index in [0.717, 1.165) is 17.2 Å². The van der Waals surface area contributed by atoms with Crippen LogP contribution in [0.1, 0.15) is 12.8 Å². The summed E-state index contributed by atoms with van der Waals surface area (Å²) >= 11 is 0. The Morgan fingerprint density at radius 1 is 1.18 bits per heavy atom. The van der Waals surface area contributed by atoms with E-state index >= 15 is 0 Å². The molecule has 22 heavy (non-hydrogen) atoms. The van der Waals surface area contributed by atoms with Crippen LogP contribution >= 0.6 is 0 Å². The fraction of sp³-hybridized carbons (Fsp3) is 0.294. The van der Waals surface area contributed by atoms with Crippen LogP contribution < -0.4 is 4.74 Å². The van der Waals surface area contributed by atoms with Crippen molar-refractivity contribution < 1.29 is 19.4 Å². The van der Waals surface area contributed by atoms with Crippen molar-refractivity contribution in [2.75, 3.05) is 13.2 Å². The highest BCUT2D eigenvalue weighted by Crippen LogP contribution is 2.21. The van der Waals surface area contributed by atoms with Gasteiger partial charge in [-0.25, -0.2) is 4.79 Å². The Bertz CT molecular complexity index is 713. The van der Waals surface area contributed by atoms with Crippen molar-refractivity contribution in [1.82, 2.24) is 4.90 Å². The molecule has 3 rings (SSSR count). The number of rotatable bonds is 4. The number of hydrogen-bond donors (Lipinski definition) is 1. The summed E-state index contributed by atoms with van der Waals surface area (Å²) in [6, 6.07) is 12.8. The summed E-state index contributed by atoms with van der Waals surface area (Å²) in [5.41, 5.74) is 0. The monoisotopic (exact) mass is 299 g/mol. The molecule has 0 aromatic heterocycles. The third-order valence-corrected chi connectivity index (χ3v) is 3.94. The van der Waals surface area contributed by atoms with Gasteiger partial charge in [0.15, 0.2) is 6.61 Å². The molecule has 0 spiro atoms. The molecular formula is C17H17NO4. The van der Waals surface area contributed by atoms with Gasteiger partial charge in [-0.1, -0.05) is 30.3 Å². The Morgan fingerprint density at radius 3 is 2.73 bits per heavy atom. The first kappa shape index (κ1) is 14.4. The number of carboxylic acids is 1. The lowest BCUT2D eigenvalue weighted by atomic mass is 10.1. The average Bonchev–Trinajstić information content (AvgIpc) is 3.02. The Kier molecular flexibility index (Phi) is 3.96. The highest BCUT2D eigenvalue weighted by Gasteiger charge is 2.33. The van der Waals surface area contributed by atoms with Crippen molar-refractivity contribution in [3.05, 3.63) is 42.5 Å². The van der Waals surface area contributed by atoms with Gasteiger partial charge in [0.2, 0.25) is 0 Å². The predicted molar refractivity (Wildman–Crippen MR) is 81.8 cm³/mol. The molecule has 2 aromatic rings. The second-order valence-corrected chi connectivity index (χ2v) is 5.38. The number of benzene rings is 2. The van der Waals surface area contributed by atoms with Crippen molar-refractivity contribution in [2.24, 2.45) is 0 Å². The summed E-state index contributed by atoms with van der Waals surface area (Å²) < 4.78 is 5.53. The second kappa shape index (κ2) is 6.05. The molecule has 2 aromatic carbocycles. The average molecular weight is 299 g/mol. The van der Waals surface area contributed by atoms with Crippen LogP contribution in [0.15, 0.2) is 42.5 Å². The maximum absolute atomic E-state index is 12.1. The number of carboxylic acid groups (broad SMARTS) is 1. The van der Waals surface area contributed by atoms with Gasteiger partial charge < -0.3 is 14.7 Å². The van der Waals surface area contributed by atoms with E-state index in [-0.39, 0.29) is 12.5 Å². The minimum atomic E-state index is -0.948. The van der Waals surface area contributed by atoms with Gasteiger partial charge in [-0.15, -0.1) is 0 Å². The number of aliphatic carboxylic acids is 1. The quantitative estimate of drug-likeness (QED) is 0.940. The number of carbonyl (C=O) groups excluding carboxylic acids is 1. The third kappa shape index (κ3) is 2.88. The molecule has 0 aliphatic carbocycles. The van der Waals surface area contributed by atoms with E-state index in [4.69, 9.17) is 9.84 Å². The number of ether oxygens (including phenoxy) is 1. The maximum Gasteiger partial charge on any atom is 0.326 e. The van der Waals surface area contributed by atoms with E-state index in [1.54, 1.807) is 0 Å². The third-order valence-electron chi connectivity index (χ3n) is 3.94. The van der Waals surface area contributed by atoms with Gasteiger partial charge >= 0.3 is 5.97 Å². The van der Waals surface area contributed by atoms with Crippen molar-refractivity contribution >= 4 is 22.6 Å². The molecule has 1 heterocycles. The molecule has 1 aliphatic rings. The molecule has 1 atom stereocenters.